The Kier molecular flexibility index (Phi) is 3.84. The van der Waals surface area contributed by atoms with Crippen LogP contribution in [-0.2, 0) is 9.09 Å². The Bertz CT molecular complexity index is 887. The van der Waals surface area contributed by atoms with Gasteiger partial charge < -0.3 is 25.2 Å². The number of hydrogen-bond acceptors (Lipinski definition) is 7. The summed E-state index contributed by atoms with van der Waals surface area (Å²) in [5.41, 5.74) is 6.19. The van der Waals surface area contributed by atoms with Gasteiger partial charge in [0, 0.05) is 5.41 Å². The van der Waals surface area contributed by atoms with E-state index in [0.717, 1.165) is 12.8 Å². The lowest BCUT2D eigenvalue weighted by Gasteiger charge is -2.46. The van der Waals surface area contributed by atoms with E-state index >= 15 is 0 Å². The van der Waals surface area contributed by atoms with Gasteiger partial charge in [-0.15, -0.1) is 0 Å². The predicted octanol–water partition coefficient (Wildman–Crippen LogP) is 0.873. The Balaban J connectivity index is 1.69. The largest absolute Gasteiger partial charge is 0.469 e. The van der Waals surface area contributed by atoms with Crippen LogP contribution in [-0.4, -0.2) is 47.1 Å². The van der Waals surface area contributed by atoms with Crippen molar-refractivity contribution in [2.45, 2.75) is 31.4 Å². The normalized spacial score (nSPS) is 31.9. The Morgan fingerprint density at radius 3 is 2.88 bits per heavy atom. The average molecular weight is 390 g/mol. The molecule has 12 heteroatoms. The zero-order valence-corrected chi connectivity index (χ0v) is 14.6. The van der Waals surface area contributed by atoms with Gasteiger partial charge in [-0.05, 0) is 36.8 Å². The first kappa shape index (κ1) is 17.1. The molecule has 2 aliphatic carbocycles. The molecule has 0 spiro atoms. The zero-order valence-electron chi connectivity index (χ0n) is 13.0. The van der Waals surface area contributed by atoms with Crippen molar-refractivity contribution in [3.05, 3.63) is 11.6 Å². The molecule has 2 aliphatic rings. The second-order valence-corrected chi connectivity index (χ2v) is 8.31. The van der Waals surface area contributed by atoms with E-state index in [1.165, 1.54) is 6.33 Å². The number of nitrogens with zero attached hydrogens (tertiary/aromatic N) is 4. The highest BCUT2D eigenvalue weighted by Gasteiger charge is 2.60. The molecule has 0 aromatic carbocycles. The van der Waals surface area contributed by atoms with Crippen molar-refractivity contribution in [2.75, 3.05) is 12.3 Å². The van der Waals surface area contributed by atoms with Crippen LogP contribution in [0.5, 0.6) is 0 Å². The van der Waals surface area contributed by atoms with Crippen LogP contribution in [0.4, 0.5) is 5.82 Å². The van der Waals surface area contributed by atoms with E-state index < -0.39 is 19.3 Å². The van der Waals surface area contributed by atoms with Gasteiger partial charge in [-0.1, -0.05) is 0 Å². The second-order valence-electron chi connectivity index (χ2n) is 6.74. The van der Waals surface area contributed by atoms with E-state index in [1.54, 1.807) is 4.57 Å². The van der Waals surface area contributed by atoms with Crippen molar-refractivity contribution in [2.24, 2.45) is 11.3 Å². The number of phosphoric ester groups is 1. The van der Waals surface area contributed by atoms with Crippen molar-refractivity contribution in [3.63, 3.8) is 0 Å². The van der Waals surface area contributed by atoms with E-state index in [2.05, 4.69) is 15.0 Å². The summed E-state index contributed by atoms with van der Waals surface area (Å²) in [4.78, 5) is 30.2. The van der Waals surface area contributed by atoms with Gasteiger partial charge in [0.1, 0.15) is 5.52 Å². The summed E-state index contributed by atoms with van der Waals surface area (Å²) < 4.78 is 17.5. The number of halogens is 1. The minimum atomic E-state index is -4.56. The molecule has 0 unspecified atom stereocenters. The molecule has 2 aromatic rings. The predicted molar refractivity (Wildman–Crippen MR) is 87.6 cm³/mol. The van der Waals surface area contributed by atoms with Crippen molar-refractivity contribution < 1.29 is 24.0 Å². The first-order chi connectivity index (χ1) is 11.7. The molecule has 5 N–H and O–H groups in total. The molecule has 4 rings (SSSR count). The fourth-order valence-electron chi connectivity index (χ4n) is 4.27. The summed E-state index contributed by atoms with van der Waals surface area (Å²) in [5, 5.41) is 10.6. The third-order valence-corrected chi connectivity index (χ3v) is 6.06. The molecular formula is C13H17ClN5O5P. The molecule has 2 saturated carbocycles. The fraction of sp³-hybridized carbons (Fsp3) is 0.615. The molecule has 0 amide bonds. The van der Waals surface area contributed by atoms with Crippen LogP contribution in [0, 0.1) is 11.3 Å². The number of imidazole rings is 1. The van der Waals surface area contributed by atoms with Crippen LogP contribution in [0.1, 0.15) is 25.3 Å². The number of aromatic nitrogens is 4. The molecule has 0 radical (unpaired) electrons. The standard InChI is InChI=1S/C13H17ClN5O5P/c14-12-17-10(15)8-11(18-12)19(5-16-8)9-6-1-2-13(6,3-7(9)20)4-24-25(21,22)23/h5-7,9,20H,1-4H2,(H2,15,17,18)(H2,21,22,23)/t6-,7-,9-,13+/m1/s1. The van der Waals surface area contributed by atoms with Gasteiger partial charge in [-0.25, -0.2) is 9.55 Å². The van der Waals surface area contributed by atoms with E-state index in [4.69, 9.17) is 31.6 Å². The van der Waals surface area contributed by atoms with E-state index in [0.29, 0.717) is 17.6 Å². The second kappa shape index (κ2) is 5.60. The Hall–Kier alpha value is -1.29. The third kappa shape index (κ3) is 2.73. The molecule has 25 heavy (non-hydrogen) atoms. The van der Waals surface area contributed by atoms with Gasteiger partial charge in [0.05, 0.1) is 25.1 Å². The van der Waals surface area contributed by atoms with Gasteiger partial charge in [-0.3, -0.25) is 4.52 Å². The van der Waals surface area contributed by atoms with Crippen molar-refractivity contribution in [1.29, 1.82) is 0 Å². The fourth-order valence-corrected chi connectivity index (χ4v) is 4.87. The van der Waals surface area contributed by atoms with Crippen LogP contribution in [0.2, 0.25) is 5.28 Å². The number of nitrogens with two attached hydrogens (primary N) is 1. The van der Waals surface area contributed by atoms with Crippen LogP contribution in [0.25, 0.3) is 11.2 Å². The molecule has 0 bridgehead atoms. The SMILES string of the molecule is Nc1nc(Cl)nc2c1ncn2[C@H]1[C@H](O)C[C@]2(COP(=O)(O)O)CC[C@H]12. The minimum Gasteiger partial charge on any atom is -0.391 e. The molecule has 10 nitrogen and oxygen atoms in total. The smallest absolute Gasteiger partial charge is 0.391 e. The summed E-state index contributed by atoms with van der Waals surface area (Å²) in [5.74, 6) is 0.146. The number of aliphatic hydroxyl groups excluding tert-OH is 1. The summed E-state index contributed by atoms with van der Waals surface area (Å²) in [7, 11) is -4.56. The maximum atomic E-state index is 11.1. The van der Waals surface area contributed by atoms with Crippen molar-refractivity contribution >= 4 is 36.4 Å². The lowest BCUT2D eigenvalue weighted by atomic mass is 9.61. The number of anilines is 1. The monoisotopic (exact) mass is 389 g/mol. The Morgan fingerprint density at radius 1 is 1.48 bits per heavy atom. The third-order valence-electron chi connectivity index (χ3n) is 5.42. The molecule has 0 aliphatic heterocycles. The van der Waals surface area contributed by atoms with Crippen LogP contribution in [0.3, 0.4) is 0 Å². The molecule has 4 atom stereocenters. The van der Waals surface area contributed by atoms with Gasteiger partial charge in [0.25, 0.3) is 0 Å². The highest BCUT2D eigenvalue weighted by atomic mass is 35.5. The Morgan fingerprint density at radius 2 is 2.24 bits per heavy atom. The van der Waals surface area contributed by atoms with Gasteiger partial charge in [0.15, 0.2) is 11.5 Å². The van der Waals surface area contributed by atoms with Gasteiger partial charge in [0.2, 0.25) is 5.28 Å². The maximum Gasteiger partial charge on any atom is 0.469 e. The number of hydrogen-bond donors (Lipinski definition) is 4. The molecule has 2 fully saturated rings. The molecule has 136 valence electrons. The topological polar surface area (TPSA) is 157 Å². The molecular weight excluding hydrogens is 373 g/mol. The Labute approximate surface area is 147 Å². The van der Waals surface area contributed by atoms with Crippen LogP contribution in [0.15, 0.2) is 6.33 Å². The molecule has 2 aromatic heterocycles. The highest BCUT2D eigenvalue weighted by Crippen LogP contribution is 2.63. The molecule has 2 heterocycles. The minimum absolute atomic E-state index is 0.0102. The summed E-state index contributed by atoms with van der Waals surface area (Å²) >= 11 is 5.89. The number of fused-ring (bicyclic) bond motifs is 2. The van der Waals surface area contributed by atoms with E-state index in [9.17, 15) is 9.67 Å². The average Bonchev–Trinajstić information content (AvgIpc) is 2.96. The number of aliphatic hydroxyl groups is 1. The van der Waals surface area contributed by atoms with Gasteiger partial charge in [-0.2, -0.15) is 9.97 Å². The highest BCUT2D eigenvalue weighted by molar-refractivity contribution is 7.46. The van der Waals surface area contributed by atoms with Crippen molar-refractivity contribution in [1.82, 2.24) is 19.5 Å². The number of nitrogen functional groups attached to an aromatic ring is 1. The first-order valence-corrected chi connectivity index (χ1v) is 9.65. The van der Waals surface area contributed by atoms with E-state index in [-0.39, 0.29) is 29.7 Å². The van der Waals surface area contributed by atoms with Crippen molar-refractivity contribution in [3.8, 4) is 0 Å². The molecule has 0 saturated heterocycles. The van der Waals surface area contributed by atoms with Gasteiger partial charge >= 0.3 is 7.82 Å². The van der Waals surface area contributed by atoms with Crippen LogP contribution >= 0.6 is 19.4 Å². The number of rotatable bonds is 4. The lowest BCUT2D eigenvalue weighted by Crippen LogP contribution is -2.42. The van der Waals surface area contributed by atoms with E-state index in [1.807, 2.05) is 0 Å². The first-order valence-electron chi connectivity index (χ1n) is 7.74. The maximum absolute atomic E-state index is 11.1. The number of phosphoric acid groups is 1. The summed E-state index contributed by atoms with van der Waals surface area (Å²) in [6.07, 6.45) is 2.74. The summed E-state index contributed by atoms with van der Waals surface area (Å²) in [6, 6.07) is -0.343. The summed E-state index contributed by atoms with van der Waals surface area (Å²) in [6.45, 7) is -0.0972. The lowest BCUT2D eigenvalue weighted by molar-refractivity contribution is -0.0141. The zero-order chi connectivity index (χ0) is 18.0. The van der Waals surface area contributed by atoms with Crippen LogP contribution < -0.4 is 5.73 Å². The quantitative estimate of drug-likeness (QED) is 0.440.